The van der Waals surface area contributed by atoms with Gasteiger partial charge in [0.05, 0.1) is 18.8 Å². The van der Waals surface area contributed by atoms with Crippen LogP contribution in [0.2, 0.25) is 0 Å². The monoisotopic (exact) mass is 541 g/mol. The van der Waals surface area contributed by atoms with E-state index in [-0.39, 0.29) is 42.7 Å². The molecule has 39 heavy (non-hydrogen) atoms. The van der Waals surface area contributed by atoms with Crippen molar-refractivity contribution in [3.8, 4) is 28.5 Å². The van der Waals surface area contributed by atoms with Crippen molar-refractivity contribution >= 4 is 11.6 Å². The Bertz CT molecular complexity index is 1530. The van der Waals surface area contributed by atoms with E-state index in [9.17, 15) is 18.4 Å². The maximum Gasteiger partial charge on any atom is 0.586 e. The molecule has 1 fully saturated rings. The first-order valence-corrected chi connectivity index (χ1v) is 12.3. The minimum Gasteiger partial charge on any atom is -0.492 e. The summed E-state index contributed by atoms with van der Waals surface area (Å²) in [4.78, 5) is 27.1. The molecule has 2 atom stereocenters. The number of anilines is 1. The van der Waals surface area contributed by atoms with Crippen LogP contribution in [0.1, 0.15) is 26.3 Å². The second-order valence-electron chi connectivity index (χ2n) is 10.3. The quantitative estimate of drug-likeness (QED) is 0.521. The Balaban J connectivity index is 1.34. The summed E-state index contributed by atoms with van der Waals surface area (Å²) in [7, 11) is 0. The van der Waals surface area contributed by atoms with Crippen LogP contribution in [0.15, 0.2) is 53.3 Å². The molecule has 6 rings (SSSR count). The molecule has 4 heterocycles. The highest BCUT2D eigenvalue weighted by molar-refractivity contribution is 6.00. The van der Waals surface area contributed by atoms with Gasteiger partial charge in [0.25, 0.3) is 5.56 Å². The van der Waals surface area contributed by atoms with Gasteiger partial charge in [-0.15, -0.1) is 8.78 Å². The molecule has 1 N–H and O–H groups in total. The summed E-state index contributed by atoms with van der Waals surface area (Å²) in [5.74, 6) is -1.53. The molecule has 12 heteroatoms. The number of nitrogens with zero attached hydrogens (tertiary/aromatic N) is 2. The molecule has 1 aromatic heterocycles. The number of carbonyl (C=O) groups is 1. The maximum absolute atomic E-state index is 13.6. The molecule has 0 aliphatic carbocycles. The van der Waals surface area contributed by atoms with Gasteiger partial charge in [0.1, 0.15) is 29.6 Å². The molecule has 0 radical (unpaired) electrons. The molecule has 0 spiro atoms. The van der Waals surface area contributed by atoms with Crippen LogP contribution in [-0.4, -0.2) is 47.1 Å². The number of rotatable bonds is 5. The third kappa shape index (κ3) is 4.59. The van der Waals surface area contributed by atoms with Gasteiger partial charge in [-0.3, -0.25) is 9.59 Å². The van der Waals surface area contributed by atoms with Crippen molar-refractivity contribution in [2.24, 2.45) is 0 Å². The van der Waals surface area contributed by atoms with Crippen molar-refractivity contribution in [3.63, 3.8) is 0 Å². The standard InChI is InChI=1S/C27H25F2N3O7/c1-25(2)36-13-16(37-25)12-32-23(33)19(10-18(31-32)15-7-5-4-6-8-15)30-24(34)26(3)14-35-20-11-22-21(9-17(20)26)38-27(28,29)39-22/h4-11,16H,12-14H2,1-3H3,(H,30,34)/t16-,26+/m1/s1. The van der Waals surface area contributed by atoms with E-state index < -0.39 is 35.1 Å². The molecule has 3 aliphatic heterocycles. The second-order valence-corrected chi connectivity index (χ2v) is 10.3. The number of hydrogen-bond donors (Lipinski definition) is 1. The van der Waals surface area contributed by atoms with E-state index in [0.29, 0.717) is 11.3 Å². The van der Waals surface area contributed by atoms with Crippen molar-refractivity contribution < 1.29 is 37.3 Å². The van der Waals surface area contributed by atoms with Crippen LogP contribution in [-0.2, 0) is 26.2 Å². The molecule has 3 aromatic rings. The van der Waals surface area contributed by atoms with Gasteiger partial charge in [0, 0.05) is 17.2 Å². The summed E-state index contributed by atoms with van der Waals surface area (Å²) in [6, 6.07) is 13.3. The predicted molar refractivity (Wildman–Crippen MR) is 133 cm³/mol. The molecule has 0 unspecified atom stereocenters. The Labute approximate surface area is 221 Å². The lowest BCUT2D eigenvalue weighted by atomic mass is 9.83. The van der Waals surface area contributed by atoms with E-state index in [1.54, 1.807) is 20.8 Å². The number of fused-ring (bicyclic) bond motifs is 2. The zero-order valence-corrected chi connectivity index (χ0v) is 21.3. The van der Waals surface area contributed by atoms with Crippen molar-refractivity contribution in [3.05, 3.63) is 64.4 Å². The van der Waals surface area contributed by atoms with Crippen LogP contribution >= 0.6 is 0 Å². The third-order valence-corrected chi connectivity index (χ3v) is 6.85. The molecule has 0 saturated carbocycles. The van der Waals surface area contributed by atoms with E-state index in [4.69, 9.17) is 14.2 Å². The van der Waals surface area contributed by atoms with E-state index in [2.05, 4.69) is 19.9 Å². The van der Waals surface area contributed by atoms with Crippen LogP contribution in [0.3, 0.4) is 0 Å². The van der Waals surface area contributed by atoms with Crippen LogP contribution in [0.4, 0.5) is 14.5 Å². The lowest BCUT2D eigenvalue weighted by Gasteiger charge is -2.22. The normalized spacial score (nSPS) is 23.8. The molecular weight excluding hydrogens is 516 g/mol. The number of alkyl halides is 2. The topological polar surface area (TPSA) is 110 Å². The third-order valence-electron chi connectivity index (χ3n) is 6.85. The smallest absolute Gasteiger partial charge is 0.492 e. The molecule has 1 amide bonds. The highest BCUT2D eigenvalue weighted by Crippen LogP contribution is 2.50. The van der Waals surface area contributed by atoms with Gasteiger partial charge in [-0.25, -0.2) is 4.68 Å². The number of hydrogen-bond acceptors (Lipinski definition) is 8. The Kier molecular flexibility index (Phi) is 5.67. The van der Waals surface area contributed by atoms with Gasteiger partial charge in [-0.2, -0.15) is 5.10 Å². The minimum absolute atomic E-state index is 0.00557. The van der Waals surface area contributed by atoms with Crippen molar-refractivity contribution in [2.75, 3.05) is 18.5 Å². The first kappa shape index (κ1) is 25.3. The zero-order chi connectivity index (χ0) is 27.6. The maximum atomic E-state index is 13.6. The van der Waals surface area contributed by atoms with Crippen LogP contribution in [0.25, 0.3) is 11.3 Å². The summed E-state index contributed by atoms with van der Waals surface area (Å²) in [5.41, 5.74) is -0.330. The summed E-state index contributed by atoms with van der Waals surface area (Å²) in [5, 5.41) is 7.24. The highest BCUT2D eigenvalue weighted by atomic mass is 19.3. The number of halogens is 2. The van der Waals surface area contributed by atoms with Gasteiger partial charge in [-0.05, 0) is 32.9 Å². The Morgan fingerprint density at radius 1 is 1.08 bits per heavy atom. The lowest BCUT2D eigenvalue weighted by molar-refractivity contribution is -0.286. The summed E-state index contributed by atoms with van der Waals surface area (Å²) in [6.07, 6.45) is -4.23. The number of carbonyl (C=O) groups excluding carboxylic acids is 1. The van der Waals surface area contributed by atoms with Crippen molar-refractivity contribution in [1.29, 1.82) is 0 Å². The number of amides is 1. The van der Waals surface area contributed by atoms with Gasteiger partial charge >= 0.3 is 6.29 Å². The van der Waals surface area contributed by atoms with E-state index in [1.165, 1.54) is 22.9 Å². The number of ether oxygens (including phenoxy) is 5. The van der Waals surface area contributed by atoms with Gasteiger partial charge < -0.3 is 29.0 Å². The second kappa shape index (κ2) is 8.75. The number of aromatic nitrogens is 2. The SMILES string of the molecule is CC1(C)OC[C@@H](Cn2nc(-c3ccccc3)cc(NC(=O)[C@@]3(C)COc4cc5c(cc43)OC(F)(F)O5)c2=O)O1. The molecule has 204 valence electrons. The first-order valence-electron chi connectivity index (χ1n) is 12.3. The largest absolute Gasteiger partial charge is 0.586 e. The van der Waals surface area contributed by atoms with Crippen LogP contribution in [0, 0.1) is 0 Å². The van der Waals surface area contributed by atoms with E-state index >= 15 is 0 Å². The van der Waals surface area contributed by atoms with Gasteiger partial charge in [0.2, 0.25) is 5.91 Å². The van der Waals surface area contributed by atoms with E-state index in [0.717, 1.165) is 5.56 Å². The van der Waals surface area contributed by atoms with Gasteiger partial charge in [-0.1, -0.05) is 30.3 Å². The highest BCUT2D eigenvalue weighted by Gasteiger charge is 2.49. The number of benzene rings is 2. The van der Waals surface area contributed by atoms with Crippen molar-refractivity contribution in [2.45, 2.75) is 50.9 Å². The fourth-order valence-electron chi connectivity index (χ4n) is 4.83. The average molecular weight is 542 g/mol. The van der Waals surface area contributed by atoms with E-state index in [1.807, 2.05) is 30.3 Å². The first-order chi connectivity index (χ1) is 18.4. The summed E-state index contributed by atoms with van der Waals surface area (Å²) < 4.78 is 54.6. The van der Waals surface area contributed by atoms with Crippen molar-refractivity contribution in [1.82, 2.24) is 9.78 Å². The zero-order valence-electron chi connectivity index (χ0n) is 21.3. The Morgan fingerprint density at radius 3 is 2.49 bits per heavy atom. The van der Waals surface area contributed by atoms with Crippen LogP contribution < -0.4 is 25.1 Å². The number of nitrogens with one attached hydrogen (secondary N) is 1. The molecular formula is C27H25F2N3O7. The fourth-order valence-corrected chi connectivity index (χ4v) is 4.83. The predicted octanol–water partition coefficient (Wildman–Crippen LogP) is 3.67. The van der Waals surface area contributed by atoms with Crippen LogP contribution in [0.5, 0.6) is 17.2 Å². The lowest BCUT2D eigenvalue weighted by Crippen LogP contribution is -2.41. The molecule has 1 saturated heterocycles. The minimum atomic E-state index is -3.81. The molecule has 10 nitrogen and oxygen atoms in total. The molecule has 0 bridgehead atoms. The summed E-state index contributed by atoms with van der Waals surface area (Å²) in [6.45, 7) is 5.46. The molecule has 2 aromatic carbocycles. The average Bonchev–Trinajstić information content (AvgIpc) is 3.51. The summed E-state index contributed by atoms with van der Waals surface area (Å²) >= 11 is 0. The Morgan fingerprint density at radius 2 is 1.79 bits per heavy atom. The fraction of sp³-hybridized carbons (Fsp3) is 0.370. The van der Waals surface area contributed by atoms with Gasteiger partial charge in [0.15, 0.2) is 17.3 Å². The molecule has 3 aliphatic rings. The Hall–Kier alpha value is -4.03.